The summed E-state index contributed by atoms with van der Waals surface area (Å²) in [6.07, 6.45) is 0.726. The maximum Gasteiger partial charge on any atom is 0.237 e. The summed E-state index contributed by atoms with van der Waals surface area (Å²) in [6.45, 7) is 4.93. The van der Waals surface area contributed by atoms with Crippen LogP contribution in [0.4, 0.5) is 0 Å². The molecule has 1 aliphatic rings. The summed E-state index contributed by atoms with van der Waals surface area (Å²) in [7, 11) is 0. The van der Waals surface area contributed by atoms with E-state index < -0.39 is 0 Å². The summed E-state index contributed by atoms with van der Waals surface area (Å²) in [5.41, 5.74) is 4.30. The highest BCUT2D eigenvalue weighted by molar-refractivity contribution is 5.85. The van der Waals surface area contributed by atoms with Gasteiger partial charge in [0.1, 0.15) is 5.76 Å². The molecule has 1 atom stereocenters. The Morgan fingerprint density at radius 2 is 2.09 bits per heavy atom. The van der Waals surface area contributed by atoms with Gasteiger partial charge in [0.05, 0.1) is 11.7 Å². The first-order valence-corrected chi connectivity index (χ1v) is 7.15. The molecule has 0 aliphatic carbocycles. The van der Waals surface area contributed by atoms with Crippen LogP contribution in [0, 0.1) is 13.8 Å². The standard InChI is InChI=1S/C16H19N3O2.ClH/c1-10-14(11(2)21-19-10)9-18-16(20)15-7-12-5-3-4-6-13(12)8-17-15;/h3-6,15,17H,7-9H2,1-2H3,(H,18,20);1H. The number of amides is 1. The fourth-order valence-corrected chi connectivity index (χ4v) is 2.69. The third-order valence-corrected chi connectivity index (χ3v) is 4.02. The molecular formula is C16H20ClN3O2. The number of benzene rings is 1. The minimum atomic E-state index is -0.180. The van der Waals surface area contributed by atoms with Gasteiger partial charge in [-0.2, -0.15) is 0 Å². The maximum absolute atomic E-state index is 12.3. The molecule has 3 rings (SSSR count). The molecule has 22 heavy (non-hydrogen) atoms. The van der Waals surface area contributed by atoms with Crippen molar-refractivity contribution in [2.45, 2.75) is 39.4 Å². The van der Waals surface area contributed by atoms with Gasteiger partial charge in [-0.1, -0.05) is 29.4 Å². The molecule has 0 bridgehead atoms. The predicted octanol–water partition coefficient (Wildman–Crippen LogP) is 2.04. The van der Waals surface area contributed by atoms with Gasteiger partial charge in [0.25, 0.3) is 0 Å². The molecule has 2 N–H and O–H groups in total. The van der Waals surface area contributed by atoms with Crippen molar-refractivity contribution in [2.24, 2.45) is 0 Å². The number of fused-ring (bicyclic) bond motifs is 1. The van der Waals surface area contributed by atoms with Crippen molar-refractivity contribution in [3.8, 4) is 0 Å². The van der Waals surface area contributed by atoms with Crippen molar-refractivity contribution in [1.29, 1.82) is 0 Å². The number of rotatable bonds is 3. The van der Waals surface area contributed by atoms with Crippen LogP contribution in [0.2, 0.25) is 0 Å². The third-order valence-electron chi connectivity index (χ3n) is 4.02. The molecule has 1 unspecified atom stereocenters. The number of nitrogens with zero attached hydrogens (tertiary/aromatic N) is 1. The normalized spacial score (nSPS) is 16.5. The molecule has 1 aliphatic heterocycles. The van der Waals surface area contributed by atoms with E-state index in [0.29, 0.717) is 6.54 Å². The number of halogens is 1. The lowest BCUT2D eigenvalue weighted by Gasteiger charge is -2.25. The number of aromatic nitrogens is 1. The highest BCUT2D eigenvalue weighted by Crippen LogP contribution is 2.17. The Morgan fingerprint density at radius 1 is 1.36 bits per heavy atom. The molecule has 118 valence electrons. The Hall–Kier alpha value is -1.85. The molecule has 1 aromatic heterocycles. The molecule has 0 fully saturated rings. The van der Waals surface area contributed by atoms with E-state index in [0.717, 1.165) is 30.0 Å². The minimum Gasteiger partial charge on any atom is -0.361 e. The van der Waals surface area contributed by atoms with Crippen LogP contribution in [0.25, 0.3) is 0 Å². The van der Waals surface area contributed by atoms with Crippen LogP contribution in [0.5, 0.6) is 0 Å². The minimum absolute atomic E-state index is 0. The highest BCUT2D eigenvalue weighted by Gasteiger charge is 2.24. The van der Waals surface area contributed by atoms with Crippen LogP contribution in [-0.2, 0) is 24.3 Å². The zero-order chi connectivity index (χ0) is 14.8. The number of carbonyl (C=O) groups excluding carboxylic acids is 1. The second-order valence-corrected chi connectivity index (χ2v) is 5.43. The summed E-state index contributed by atoms with van der Waals surface area (Å²) in [5.74, 6) is 0.777. The molecule has 0 spiro atoms. The van der Waals surface area contributed by atoms with E-state index in [2.05, 4.69) is 27.9 Å². The van der Waals surface area contributed by atoms with Gasteiger partial charge in [-0.05, 0) is 31.4 Å². The molecule has 0 radical (unpaired) electrons. The lowest BCUT2D eigenvalue weighted by atomic mass is 9.95. The molecule has 1 amide bonds. The van der Waals surface area contributed by atoms with E-state index >= 15 is 0 Å². The summed E-state index contributed by atoms with van der Waals surface area (Å²) < 4.78 is 5.10. The molecule has 0 saturated carbocycles. The SMILES string of the molecule is Cc1noc(C)c1CNC(=O)C1Cc2ccccc2CN1.Cl. The maximum atomic E-state index is 12.3. The van der Waals surface area contributed by atoms with Gasteiger partial charge >= 0.3 is 0 Å². The van der Waals surface area contributed by atoms with Crippen LogP contribution in [0.3, 0.4) is 0 Å². The Labute approximate surface area is 135 Å². The number of aryl methyl sites for hydroxylation is 2. The molecule has 2 aromatic rings. The summed E-state index contributed by atoms with van der Waals surface area (Å²) >= 11 is 0. The first kappa shape index (κ1) is 16.5. The fraction of sp³-hybridized carbons (Fsp3) is 0.375. The van der Waals surface area contributed by atoms with Crippen molar-refractivity contribution in [1.82, 2.24) is 15.8 Å². The number of hydrogen-bond acceptors (Lipinski definition) is 4. The van der Waals surface area contributed by atoms with E-state index in [4.69, 9.17) is 4.52 Å². The number of carbonyl (C=O) groups is 1. The van der Waals surface area contributed by atoms with Gasteiger partial charge in [-0.3, -0.25) is 4.79 Å². The largest absolute Gasteiger partial charge is 0.361 e. The average Bonchev–Trinajstić information content (AvgIpc) is 2.83. The quantitative estimate of drug-likeness (QED) is 0.908. The highest BCUT2D eigenvalue weighted by atomic mass is 35.5. The van der Waals surface area contributed by atoms with E-state index in [-0.39, 0.29) is 24.4 Å². The van der Waals surface area contributed by atoms with E-state index in [1.807, 2.05) is 26.0 Å². The van der Waals surface area contributed by atoms with Gasteiger partial charge in [-0.25, -0.2) is 0 Å². The zero-order valence-corrected chi connectivity index (χ0v) is 13.5. The van der Waals surface area contributed by atoms with E-state index in [1.54, 1.807) is 0 Å². The second kappa shape index (κ2) is 6.94. The zero-order valence-electron chi connectivity index (χ0n) is 12.7. The Balaban J connectivity index is 0.00000176. The van der Waals surface area contributed by atoms with Crippen molar-refractivity contribution in [3.05, 3.63) is 52.4 Å². The summed E-state index contributed by atoms with van der Waals surface area (Å²) in [6, 6.07) is 8.05. The van der Waals surface area contributed by atoms with E-state index in [1.165, 1.54) is 11.1 Å². The summed E-state index contributed by atoms with van der Waals surface area (Å²) in [5, 5.41) is 10.1. The van der Waals surface area contributed by atoms with Gasteiger partial charge in [0.15, 0.2) is 0 Å². The third kappa shape index (κ3) is 3.31. The lowest BCUT2D eigenvalue weighted by Crippen LogP contribution is -2.47. The Morgan fingerprint density at radius 3 is 2.77 bits per heavy atom. The first-order chi connectivity index (χ1) is 10.1. The molecule has 2 heterocycles. The molecule has 6 heteroatoms. The molecule has 5 nitrogen and oxygen atoms in total. The van der Waals surface area contributed by atoms with Crippen molar-refractivity contribution in [3.63, 3.8) is 0 Å². The van der Waals surface area contributed by atoms with Gasteiger partial charge < -0.3 is 15.2 Å². The van der Waals surface area contributed by atoms with E-state index in [9.17, 15) is 4.79 Å². The molecular weight excluding hydrogens is 302 g/mol. The average molecular weight is 322 g/mol. The van der Waals surface area contributed by atoms with Crippen molar-refractivity contribution < 1.29 is 9.32 Å². The number of nitrogens with one attached hydrogen (secondary N) is 2. The topological polar surface area (TPSA) is 67.2 Å². The summed E-state index contributed by atoms with van der Waals surface area (Å²) in [4.78, 5) is 12.3. The lowest BCUT2D eigenvalue weighted by molar-refractivity contribution is -0.123. The predicted molar refractivity (Wildman–Crippen MR) is 85.8 cm³/mol. The fourth-order valence-electron chi connectivity index (χ4n) is 2.69. The van der Waals surface area contributed by atoms with Gasteiger partial charge in [-0.15, -0.1) is 12.4 Å². The van der Waals surface area contributed by atoms with Gasteiger partial charge in [0, 0.05) is 18.7 Å². The van der Waals surface area contributed by atoms with Crippen molar-refractivity contribution in [2.75, 3.05) is 0 Å². The monoisotopic (exact) mass is 321 g/mol. The van der Waals surface area contributed by atoms with Crippen LogP contribution in [0.1, 0.15) is 28.1 Å². The first-order valence-electron chi connectivity index (χ1n) is 7.15. The molecule has 1 aromatic carbocycles. The number of hydrogen-bond donors (Lipinski definition) is 2. The van der Waals surface area contributed by atoms with Crippen LogP contribution in [0.15, 0.2) is 28.8 Å². The van der Waals surface area contributed by atoms with Gasteiger partial charge in [0.2, 0.25) is 5.91 Å². The van der Waals surface area contributed by atoms with Crippen LogP contribution >= 0.6 is 12.4 Å². The van der Waals surface area contributed by atoms with Crippen molar-refractivity contribution >= 4 is 18.3 Å². The Kier molecular flexibility index (Phi) is 5.21. The molecule has 0 saturated heterocycles. The second-order valence-electron chi connectivity index (χ2n) is 5.43. The Bertz CT molecular complexity index is 650. The van der Waals surface area contributed by atoms with Crippen LogP contribution in [-0.4, -0.2) is 17.1 Å². The van der Waals surface area contributed by atoms with Crippen LogP contribution < -0.4 is 10.6 Å². The smallest absolute Gasteiger partial charge is 0.237 e.